The zero-order chi connectivity index (χ0) is 14.3. The molecule has 1 aliphatic rings. The van der Waals surface area contributed by atoms with Crippen molar-refractivity contribution in [1.29, 1.82) is 0 Å². The highest BCUT2D eigenvalue weighted by molar-refractivity contribution is 7.89. The summed E-state index contributed by atoms with van der Waals surface area (Å²) in [5, 5.41) is 0.361. The average Bonchev–Trinajstić information content (AvgIpc) is 2.61. The molecule has 2 rings (SSSR count). The van der Waals surface area contributed by atoms with E-state index in [1.54, 1.807) is 0 Å². The highest BCUT2D eigenvalue weighted by Crippen LogP contribution is 2.38. The lowest BCUT2D eigenvalue weighted by Gasteiger charge is -2.27. The summed E-state index contributed by atoms with van der Waals surface area (Å²) in [7, 11) is -3.54. The summed E-state index contributed by atoms with van der Waals surface area (Å²) in [6, 6.07) is 4.34. The van der Waals surface area contributed by atoms with Gasteiger partial charge in [0.05, 0.1) is 15.6 Å². The second-order valence-corrected chi connectivity index (χ2v) is 7.86. The first kappa shape index (κ1) is 14.6. The Morgan fingerprint density at radius 2 is 2.11 bits per heavy atom. The molecular weight excluding hydrogens is 284 g/mol. The molecule has 0 aliphatic heterocycles. The van der Waals surface area contributed by atoms with Crippen molar-refractivity contribution in [3.63, 3.8) is 0 Å². The van der Waals surface area contributed by atoms with Gasteiger partial charge < -0.3 is 5.73 Å². The van der Waals surface area contributed by atoms with Crippen LogP contribution in [0.5, 0.6) is 0 Å². The van der Waals surface area contributed by atoms with Gasteiger partial charge in [0, 0.05) is 6.04 Å². The Kier molecular flexibility index (Phi) is 3.82. The molecule has 1 aromatic rings. The molecule has 0 heterocycles. The van der Waals surface area contributed by atoms with Crippen LogP contribution in [0, 0.1) is 5.41 Å². The van der Waals surface area contributed by atoms with Crippen LogP contribution in [0.15, 0.2) is 23.1 Å². The van der Waals surface area contributed by atoms with Crippen molar-refractivity contribution in [1.82, 2.24) is 4.72 Å². The number of hydrogen-bond donors (Lipinski definition) is 2. The molecular formula is C13H19ClN2O2S. The number of rotatable bonds is 3. The first-order valence-electron chi connectivity index (χ1n) is 6.30. The molecule has 0 bridgehead atoms. The summed E-state index contributed by atoms with van der Waals surface area (Å²) in [6.45, 7) is 4.17. The molecule has 0 aromatic heterocycles. The first-order valence-corrected chi connectivity index (χ1v) is 8.16. The molecule has 3 N–H and O–H groups in total. The molecule has 1 aromatic carbocycles. The Bertz CT molecular complexity index is 584. The van der Waals surface area contributed by atoms with Gasteiger partial charge in [-0.15, -0.1) is 0 Å². The van der Waals surface area contributed by atoms with Gasteiger partial charge in [0.15, 0.2) is 0 Å². The molecule has 4 nitrogen and oxygen atoms in total. The fraction of sp³-hybridized carbons (Fsp3) is 0.538. The van der Waals surface area contributed by atoms with Crippen molar-refractivity contribution in [2.75, 3.05) is 5.73 Å². The van der Waals surface area contributed by atoms with Crippen LogP contribution in [0.25, 0.3) is 0 Å². The lowest BCUT2D eigenvalue weighted by Crippen LogP contribution is -2.41. The van der Waals surface area contributed by atoms with Crippen LogP contribution < -0.4 is 10.5 Å². The molecule has 19 heavy (non-hydrogen) atoms. The maximum atomic E-state index is 12.3. The van der Waals surface area contributed by atoms with E-state index in [1.807, 2.05) is 0 Å². The minimum Gasteiger partial charge on any atom is -0.397 e. The molecule has 1 saturated carbocycles. The smallest absolute Gasteiger partial charge is 0.240 e. The summed E-state index contributed by atoms with van der Waals surface area (Å²) in [5.41, 5.74) is 5.92. The molecule has 1 aliphatic carbocycles. The van der Waals surface area contributed by atoms with Crippen molar-refractivity contribution in [3.8, 4) is 0 Å². The summed E-state index contributed by atoms with van der Waals surface area (Å²) in [5.74, 6) is 0. The summed E-state index contributed by atoms with van der Waals surface area (Å²) in [6.07, 6.45) is 2.95. The zero-order valence-corrected chi connectivity index (χ0v) is 12.7. The third-order valence-corrected chi connectivity index (χ3v) is 5.65. The van der Waals surface area contributed by atoms with Crippen LogP contribution in [0.3, 0.4) is 0 Å². The Morgan fingerprint density at radius 1 is 1.42 bits per heavy atom. The number of hydrogen-bond acceptors (Lipinski definition) is 3. The Hall–Kier alpha value is -0.780. The third-order valence-electron chi connectivity index (χ3n) is 3.83. The molecule has 0 radical (unpaired) electrons. The zero-order valence-electron chi connectivity index (χ0n) is 11.1. The molecule has 0 spiro atoms. The third kappa shape index (κ3) is 3.04. The van der Waals surface area contributed by atoms with E-state index < -0.39 is 10.0 Å². The van der Waals surface area contributed by atoms with Crippen LogP contribution >= 0.6 is 11.6 Å². The molecule has 0 amide bonds. The van der Waals surface area contributed by atoms with E-state index in [9.17, 15) is 8.42 Å². The van der Waals surface area contributed by atoms with E-state index in [1.165, 1.54) is 18.2 Å². The van der Waals surface area contributed by atoms with E-state index in [0.29, 0.717) is 5.02 Å². The van der Waals surface area contributed by atoms with Gasteiger partial charge in [0.1, 0.15) is 0 Å². The maximum Gasteiger partial charge on any atom is 0.240 e. The quantitative estimate of drug-likeness (QED) is 0.843. The highest BCUT2D eigenvalue weighted by atomic mass is 35.5. The number of nitrogens with two attached hydrogens (primary N) is 1. The van der Waals surface area contributed by atoms with Crippen LogP contribution in [-0.2, 0) is 10.0 Å². The predicted octanol–water partition coefficient (Wildman–Crippen LogP) is 2.78. The monoisotopic (exact) mass is 302 g/mol. The Labute approximate surface area is 119 Å². The van der Waals surface area contributed by atoms with Gasteiger partial charge in [-0.1, -0.05) is 31.9 Å². The predicted molar refractivity (Wildman–Crippen MR) is 77.6 cm³/mol. The van der Waals surface area contributed by atoms with Crippen LogP contribution in [0.4, 0.5) is 5.69 Å². The fourth-order valence-electron chi connectivity index (χ4n) is 2.49. The second kappa shape index (κ2) is 4.96. The van der Waals surface area contributed by atoms with E-state index >= 15 is 0 Å². The van der Waals surface area contributed by atoms with E-state index in [0.717, 1.165) is 19.3 Å². The van der Waals surface area contributed by atoms with Crippen molar-refractivity contribution < 1.29 is 8.42 Å². The number of benzene rings is 1. The van der Waals surface area contributed by atoms with Gasteiger partial charge in [-0.25, -0.2) is 13.1 Å². The van der Waals surface area contributed by atoms with E-state index in [-0.39, 0.29) is 22.0 Å². The van der Waals surface area contributed by atoms with Gasteiger partial charge in [0.2, 0.25) is 10.0 Å². The SMILES string of the molecule is CC1(C)CCCC1NS(=O)(=O)c1ccc(Cl)c(N)c1. The van der Waals surface area contributed by atoms with E-state index in [4.69, 9.17) is 17.3 Å². The molecule has 106 valence electrons. The van der Waals surface area contributed by atoms with Crippen LogP contribution in [-0.4, -0.2) is 14.5 Å². The summed E-state index contributed by atoms with van der Waals surface area (Å²) in [4.78, 5) is 0.164. The highest BCUT2D eigenvalue weighted by Gasteiger charge is 2.37. The topological polar surface area (TPSA) is 72.2 Å². The van der Waals surface area contributed by atoms with Gasteiger partial charge in [-0.2, -0.15) is 0 Å². The van der Waals surface area contributed by atoms with Crippen LogP contribution in [0.1, 0.15) is 33.1 Å². The molecule has 1 atom stereocenters. The number of sulfonamides is 1. The van der Waals surface area contributed by atoms with E-state index in [2.05, 4.69) is 18.6 Å². The number of halogens is 1. The van der Waals surface area contributed by atoms with Gasteiger partial charge in [0.25, 0.3) is 0 Å². The van der Waals surface area contributed by atoms with Gasteiger partial charge in [-0.3, -0.25) is 0 Å². The largest absolute Gasteiger partial charge is 0.397 e. The van der Waals surface area contributed by atoms with Crippen LogP contribution in [0.2, 0.25) is 5.02 Å². The Morgan fingerprint density at radius 3 is 2.63 bits per heavy atom. The normalized spacial score (nSPS) is 22.6. The van der Waals surface area contributed by atoms with Gasteiger partial charge >= 0.3 is 0 Å². The molecule has 6 heteroatoms. The van der Waals surface area contributed by atoms with Crippen molar-refractivity contribution in [2.24, 2.45) is 5.41 Å². The fourth-order valence-corrected chi connectivity index (χ4v) is 4.08. The number of anilines is 1. The summed E-state index contributed by atoms with van der Waals surface area (Å²) < 4.78 is 27.4. The second-order valence-electron chi connectivity index (χ2n) is 5.74. The minimum absolute atomic E-state index is 0.00889. The molecule has 0 saturated heterocycles. The lowest BCUT2D eigenvalue weighted by atomic mass is 9.88. The maximum absolute atomic E-state index is 12.3. The number of nitrogens with one attached hydrogen (secondary N) is 1. The molecule has 1 unspecified atom stereocenters. The van der Waals surface area contributed by atoms with Crippen molar-refractivity contribution in [3.05, 3.63) is 23.2 Å². The minimum atomic E-state index is -3.54. The average molecular weight is 303 g/mol. The standard InChI is InChI=1S/C13H19ClN2O2S/c1-13(2)7-3-4-12(13)16-19(17,18)9-5-6-10(14)11(15)8-9/h5-6,8,12,16H,3-4,7,15H2,1-2H3. The molecule has 1 fully saturated rings. The Balaban J connectivity index is 2.25. The summed E-state index contributed by atoms with van der Waals surface area (Å²) >= 11 is 5.81. The first-order chi connectivity index (χ1) is 8.72. The van der Waals surface area contributed by atoms with Crippen molar-refractivity contribution >= 4 is 27.3 Å². The lowest BCUT2D eigenvalue weighted by molar-refractivity contribution is 0.313. The van der Waals surface area contributed by atoms with Crippen molar-refractivity contribution in [2.45, 2.75) is 44.0 Å². The number of nitrogen functional groups attached to an aromatic ring is 1. The van der Waals surface area contributed by atoms with Gasteiger partial charge in [-0.05, 0) is 36.5 Å².